The maximum Gasteiger partial charge on any atom is 0.325 e. The smallest absolute Gasteiger partial charge is 0.325 e. The fraction of sp³-hybridized carbons (Fsp3) is 0.690. The van der Waals surface area contributed by atoms with E-state index in [0.29, 0.717) is 12.5 Å². The fourth-order valence-corrected chi connectivity index (χ4v) is 5.70. The highest BCUT2D eigenvalue weighted by Crippen LogP contribution is 2.59. The van der Waals surface area contributed by atoms with Crippen molar-refractivity contribution in [3.05, 3.63) is 34.9 Å². The Bertz CT molecular complexity index is 962. The zero-order valence-corrected chi connectivity index (χ0v) is 22.5. The summed E-state index contributed by atoms with van der Waals surface area (Å²) in [5.74, 6) is 1.28. The number of hydrogen-bond acceptors (Lipinski definition) is 6. The third-order valence-electron chi connectivity index (χ3n) is 7.95. The molecule has 0 unspecified atom stereocenters. The second-order valence-electron chi connectivity index (χ2n) is 11.2. The van der Waals surface area contributed by atoms with Crippen LogP contribution in [0.4, 0.5) is 5.69 Å². The van der Waals surface area contributed by atoms with Crippen molar-refractivity contribution in [1.82, 2.24) is 0 Å². The van der Waals surface area contributed by atoms with E-state index >= 15 is 0 Å². The monoisotopic (exact) mass is 485 g/mol. The number of carbonyl (C=O) groups excluding carboxylic acids is 1. The van der Waals surface area contributed by atoms with Crippen LogP contribution in [0.2, 0.25) is 0 Å². The van der Waals surface area contributed by atoms with E-state index in [1.54, 1.807) is 0 Å². The first-order valence-corrected chi connectivity index (χ1v) is 13.2. The summed E-state index contributed by atoms with van der Waals surface area (Å²) in [4.78, 5) is 12.8. The molecular weight excluding hydrogens is 442 g/mol. The van der Waals surface area contributed by atoms with E-state index in [-0.39, 0.29) is 41.8 Å². The van der Waals surface area contributed by atoms with Gasteiger partial charge in [0.15, 0.2) is 0 Å². The van der Waals surface area contributed by atoms with Crippen LogP contribution in [0.5, 0.6) is 5.75 Å². The van der Waals surface area contributed by atoms with Crippen molar-refractivity contribution in [2.45, 2.75) is 103 Å². The summed E-state index contributed by atoms with van der Waals surface area (Å²) in [5.41, 5.74) is 4.17. The number of aryl methyl sites for hydroxylation is 1. The normalized spacial score (nSPS) is 31.3. The Balaban J connectivity index is 1.34. The molecule has 1 aromatic carbocycles. The number of ether oxygens (including phenoxy) is 4. The first-order chi connectivity index (χ1) is 16.6. The van der Waals surface area contributed by atoms with Gasteiger partial charge in [0.05, 0.1) is 30.5 Å². The molecule has 194 valence electrons. The number of carbonyl (C=O) groups is 1. The predicted octanol–water partition coefficient (Wildman–Crippen LogP) is 5.92. The highest BCUT2D eigenvalue weighted by molar-refractivity contribution is 5.76. The molecule has 6 heteroatoms. The van der Waals surface area contributed by atoms with E-state index in [1.807, 2.05) is 13.8 Å². The Morgan fingerprint density at radius 1 is 1.31 bits per heavy atom. The molecule has 35 heavy (non-hydrogen) atoms. The van der Waals surface area contributed by atoms with Crippen LogP contribution in [0.1, 0.15) is 84.3 Å². The van der Waals surface area contributed by atoms with Crippen molar-refractivity contribution < 1.29 is 23.7 Å². The highest BCUT2D eigenvalue weighted by Gasteiger charge is 2.68. The quantitative estimate of drug-likeness (QED) is 0.252. The Labute approximate surface area is 210 Å². The second-order valence-corrected chi connectivity index (χ2v) is 11.2. The number of benzene rings is 1. The van der Waals surface area contributed by atoms with Gasteiger partial charge in [-0.3, -0.25) is 4.79 Å². The molecule has 1 N–H and O–H groups in total. The molecule has 1 aliphatic carbocycles. The standard InChI is InChI=1S/C29H43NO5/c1-8-32-24-13-20(6)23(15-22(24)19(4)5)30-16-27(31)34-21-11-12-29(17-33-29)25(14-21)28(7)26(35-28)10-9-18(2)3/h9,13,15,19,21,25-26,30H,8,10-12,14,16-17H2,1-7H3/t21-,25-,26-,28-,29+/m1/s1. The molecule has 1 aromatic rings. The summed E-state index contributed by atoms with van der Waals surface area (Å²) >= 11 is 0. The van der Waals surface area contributed by atoms with Crippen molar-refractivity contribution in [3.8, 4) is 5.75 Å². The topological polar surface area (TPSA) is 72.6 Å². The lowest BCUT2D eigenvalue weighted by Gasteiger charge is -2.36. The molecule has 0 radical (unpaired) electrons. The van der Waals surface area contributed by atoms with Gasteiger partial charge in [-0.2, -0.15) is 0 Å². The molecule has 0 aromatic heterocycles. The van der Waals surface area contributed by atoms with Gasteiger partial charge < -0.3 is 24.3 Å². The second kappa shape index (κ2) is 10.1. The average Bonchev–Trinajstić information content (AvgIpc) is 3.70. The van der Waals surface area contributed by atoms with Gasteiger partial charge in [-0.05, 0) is 89.5 Å². The van der Waals surface area contributed by atoms with Crippen LogP contribution in [0.25, 0.3) is 0 Å². The van der Waals surface area contributed by atoms with E-state index in [4.69, 9.17) is 18.9 Å². The van der Waals surface area contributed by atoms with Gasteiger partial charge >= 0.3 is 5.97 Å². The molecule has 1 saturated carbocycles. The van der Waals surface area contributed by atoms with E-state index in [9.17, 15) is 4.79 Å². The Morgan fingerprint density at radius 2 is 2.06 bits per heavy atom. The van der Waals surface area contributed by atoms with Gasteiger partial charge in [-0.25, -0.2) is 0 Å². The van der Waals surface area contributed by atoms with Crippen LogP contribution in [-0.2, 0) is 19.0 Å². The van der Waals surface area contributed by atoms with Crippen molar-refractivity contribution in [1.29, 1.82) is 0 Å². The van der Waals surface area contributed by atoms with E-state index < -0.39 is 0 Å². The van der Waals surface area contributed by atoms with Crippen molar-refractivity contribution in [2.24, 2.45) is 5.92 Å². The van der Waals surface area contributed by atoms with Crippen molar-refractivity contribution in [2.75, 3.05) is 25.1 Å². The molecule has 0 bridgehead atoms. The van der Waals surface area contributed by atoms with Gasteiger partial charge in [-0.15, -0.1) is 0 Å². The summed E-state index contributed by atoms with van der Waals surface area (Å²) < 4.78 is 23.9. The van der Waals surface area contributed by atoms with Gasteiger partial charge in [0.2, 0.25) is 0 Å². The molecular formula is C29H43NO5. The molecule has 1 spiro atoms. The third kappa shape index (κ3) is 5.69. The first kappa shape index (κ1) is 26.0. The molecule has 2 aliphatic heterocycles. The third-order valence-corrected chi connectivity index (χ3v) is 7.95. The van der Waals surface area contributed by atoms with E-state index in [1.165, 1.54) is 5.57 Å². The molecule has 4 rings (SSSR count). The molecule has 3 fully saturated rings. The molecule has 3 aliphatic rings. The van der Waals surface area contributed by atoms with Gasteiger partial charge in [0, 0.05) is 11.6 Å². The van der Waals surface area contributed by atoms with Crippen molar-refractivity contribution >= 4 is 11.7 Å². The lowest BCUT2D eigenvalue weighted by molar-refractivity contribution is -0.151. The van der Waals surface area contributed by atoms with Gasteiger partial charge in [0.1, 0.15) is 18.4 Å². The van der Waals surface area contributed by atoms with E-state index in [2.05, 4.69) is 58.1 Å². The lowest BCUT2D eigenvalue weighted by atomic mass is 9.70. The number of allylic oxidation sites excluding steroid dienone is 1. The largest absolute Gasteiger partial charge is 0.494 e. The summed E-state index contributed by atoms with van der Waals surface area (Å²) in [6.45, 7) is 16.3. The van der Waals surface area contributed by atoms with Gasteiger partial charge in [0.25, 0.3) is 0 Å². The van der Waals surface area contributed by atoms with Gasteiger partial charge in [-0.1, -0.05) is 25.5 Å². The number of anilines is 1. The predicted molar refractivity (Wildman–Crippen MR) is 138 cm³/mol. The number of hydrogen-bond donors (Lipinski definition) is 1. The first-order valence-electron chi connectivity index (χ1n) is 13.2. The summed E-state index contributed by atoms with van der Waals surface area (Å²) in [6.07, 6.45) is 5.87. The maximum atomic E-state index is 12.8. The maximum absolute atomic E-state index is 12.8. The number of nitrogens with one attached hydrogen (secondary N) is 1. The minimum absolute atomic E-state index is 0.0811. The summed E-state index contributed by atoms with van der Waals surface area (Å²) in [5, 5.41) is 3.30. The summed E-state index contributed by atoms with van der Waals surface area (Å²) in [6, 6.07) is 4.15. The number of epoxide rings is 2. The van der Waals surface area contributed by atoms with Crippen LogP contribution >= 0.6 is 0 Å². The minimum atomic E-state index is -0.219. The Morgan fingerprint density at radius 3 is 2.69 bits per heavy atom. The molecule has 0 amide bonds. The van der Waals surface area contributed by atoms with Crippen LogP contribution in [0, 0.1) is 12.8 Å². The molecule has 2 heterocycles. The molecule has 6 nitrogen and oxygen atoms in total. The zero-order valence-electron chi connectivity index (χ0n) is 22.5. The average molecular weight is 486 g/mol. The van der Waals surface area contributed by atoms with Crippen LogP contribution in [0.15, 0.2) is 23.8 Å². The number of esters is 1. The van der Waals surface area contributed by atoms with Crippen LogP contribution in [0.3, 0.4) is 0 Å². The van der Waals surface area contributed by atoms with Crippen LogP contribution in [-0.4, -0.2) is 49.1 Å². The zero-order chi connectivity index (χ0) is 25.4. The Hall–Kier alpha value is -2.05. The minimum Gasteiger partial charge on any atom is -0.494 e. The van der Waals surface area contributed by atoms with Crippen molar-refractivity contribution in [3.63, 3.8) is 0 Å². The van der Waals surface area contributed by atoms with E-state index in [0.717, 1.165) is 54.9 Å². The summed E-state index contributed by atoms with van der Waals surface area (Å²) in [7, 11) is 0. The van der Waals surface area contributed by atoms with Crippen LogP contribution < -0.4 is 10.1 Å². The Kier molecular flexibility index (Phi) is 7.54. The fourth-order valence-electron chi connectivity index (χ4n) is 5.70. The highest BCUT2D eigenvalue weighted by atomic mass is 16.6. The molecule has 2 saturated heterocycles. The molecule has 5 atom stereocenters. The number of rotatable bonds is 10. The SMILES string of the molecule is CCOc1cc(C)c(NCC(=O)O[C@@H]2CC[C@]3(CO3)[C@@H]([C@@]3(C)O[C@@H]3CC=C(C)C)C2)cc1C(C)C. The lowest BCUT2D eigenvalue weighted by Crippen LogP contribution is -2.45.